The maximum atomic E-state index is 12.0. The Balaban J connectivity index is 1.80. The van der Waals surface area contributed by atoms with Gasteiger partial charge in [-0.05, 0) is 43.7 Å². The molecule has 0 spiro atoms. The van der Waals surface area contributed by atoms with Crippen molar-refractivity contribution in [3.8, 4) is 5.75 Å². The molecule has 1 aromatic carbocycles. The highest BCUT2D eigenvalue weighted by molar-refractivity contribution is 5.78. The number of amides is 1. The highest BCUT2D eigenvalue weighted by Crippen LogP contribution is 2.12. The number of benzene rings is 1. The molecule has 0 unspecified atom stereocenters. The van der Waals surface area contributed by atoms with Crippen molar-refractivity contribution in [3.63, 3.8) is 0 Å². The maximum absolute atomic E-state index is 12.0. The van der Waals surface area contributed by atoms with Crippen molar-refractivity contribution in [2.45, 2.75) is 32.7 Å². The average molecular weight is 287 g/mol. The van der Waals surface area contributed by atoms with Crippen LogP contribution in [-0.2, 0) is 17.6 Å². The molecule has 1 N–H and O–H groups in total. The molecule has 1 amide bonds. The Morgan fingerprint density at radius 3 is 2.67 bits per heavy atom. The molecule has 2 aromatic rings. The third kappa shape index (κ3) is 4.99. The first-order valence-corrected chi connectivity index (χ1v) is 7.21. The summed E-state index contributed by atoms with van der Waals surface area (Å²) in [5.41, 5.74) is 0.973. The molecule has 1 atom stereocenters. The summed E-state index contributed by atoms with van der Waals surface area (Å²) in [5, 5.41) is 2.98. The van der Waals surface area contributed by atoms with Crippen LogP contribution in [-0.4, -0.2) is 18.6 Å². The van der Waals surface area contributed by atoms with Crippen LogP contribution in [0.3, 0.4) is 0 Å². The first-order chi connectivity index (χ1) is 10.2. The van der Waals surface area contributed by atoms with E-state index in [1.807, 2.05) is 50.2 Å². The van der Waals surface area contributed by atoms with E-state index in [1.54, 1.807) is 6.26 Å². The van der Waals surface area contributed by atoms with E-state index in [0.717, 1.165) is 17.1 Å². The Morgan fingerprint density at radius 2 is 2.05 bits per heavy atom. The molecule has 0 saturated heterocycles. The average Bonchev–Trinajstić information content (AvgIpc) is 2.93. The maximum Gasteiger partial charge on any atom is 0.224 e. The molecule has 1 heterocycles. The van der Waals surface area contributed by atoms with Crippen molar-refractivity contribution in [2.24, 2.45) is 0 Å². The van der Waals surface area contributed by atoms with Gasteiger partial charge in [-0.3, -0.25) is 4.79 Å². The lowest BCUT2D eigenvalue weighted by atomic mass is 10.1. The van der Waals surface area contributed by atoms with Gasteiger partial charge in [-0.25, -0.2) is 0 Å². The van der Waals surface area contributed by atoms with E-state index >= 15 is 0 Å². The molecule has 0 fully saturated rings. The van der Waals surface area contributed by atoms with Crippen LogP contribution in [0.2, 0.25) is 0 Å². The first kappa shape index (κ1) is 15.2. The van der Waals surface area contributed by atoms with Crippen LogP contribution in [0.1, 0.15) is 25.2 Å². The summed E-state index contributed by atoms with van der Waals surface area (Å²) in [6.45, 7) is 4.56. The molecule has 4 nitrogen and oxygen atoms in total. The van der Waals surface area contributed by atoms with Crippen LogP contribution >= 0.6 is 0 Å². The summed E-state index contributed by atoms with van der Waals surface area (Å²) in [5.74, 6) is 1.72. The van der Waals surface area contributed by atoms with Gasteiger partial charge in [0.2, 0.25) is 5.91 Å². The third-order valence-corrected chi connectivity index (χ3v) is 3.09. The quantitative estimate of drug-likeness (QED) is 0.851. The smallest absolute Gasteiger partial charge is 0.224 e. The number of furan rings is 1. The van der Waals surface area contributed by atoms with Crippen LogP contribution in [0.4, 0.5) is 0 Å². The number of carbonyl (C=O) groups is 1. The van der Waals surface area contributed by atoms with Gasteiger partial charge in [-0.15, -0.1) is 0 Å². The normalized spacial score (nSPS) is 11.9. The number of ether oxygens (including phenoxy) is 1. The molecule has 21 heavy (non-hydrogen) atoms. The largest absolute Gasteiger partial charge is 0.494 e. The van der Waals surface area contributed by atoms with Crippen LogP contribution in [0.15, 0.2) is 47.1 Å². The lowest BCUT2D eigenvalue weighted by Crippen LogP contribution is -2.35. The molecular weight excluding hydrogens is 266 g/mol. The van der Waals surface area contributed by atoms with Gasteiger partial charge in [0, 0.05) is 12.5 Å². The molecule has 0 bridgehead atoms. The Hall–Kier alpha value is -2.23. The van der Waals surface area contributed by atoms with E-state index in [9.17, 15) is 4.79 Å². The summed E-state index contributed by atoms with van der Waals surface area (Å²) in [7, 11) is 0. The number of hydrogen-bond acceptors (Lipinski definition) is 3. The van der Waals surface area contributed by atoms with E-state index < -0.39 is 0 Å². The standard InChI is InChI=1S/C17H21NO3/c1-3-20-15-8-6-14(7-9-15)12-17(19)18-13(2)11-16-5-4-10-21-16/h4-10,13H,3,11-12H2,1-2H3,(H,18,19)/t13-/m0/s1. The molecule has 2 rings (SSSR count). The van der Waals surface area contributed by atoms with Gasteiger partial charge in [0.15, 0.2) is 0 Å². The van der Waals surface area contributed by atoms with Gasteiger partial charge in [0.25, 0.3) is 0 Å². The molecule has 1 aromatic heterocycles. The zero-order valence-corrected chi connectivity index (χ0v) is 12.5. The minimum atomic E-state index is 0.0122. The van der Waals surface area contributed by atoms with E-state index in [1.165, 1.54) is 0 Å². The topological polar surface area (TPSA) is 51.5 Å². The molecule has 0 aliphatic heterocycles. The first-order valence-electron chi connectivity index (χ1n) is 7.21. The molecule has 0 radical (unpaired) electrons. The van der Waals surface area contributed by atoms with E-state index in [4.69, 9.17) is 9.15 Å². The molecule has 0 aliphatic rings. The summed E-state index contributed by atoms with van der Waals surface area (Å²) < 4.78 is 10.7. The van der Waals surface area contributed by atoms with Gasteiger partial charge >= 0.3 is 0 Å². The van der Waals surface area contributed by atoms with Gasteiger partial charge < -0.3 is 14.5 Å². The summed E-state index contributed by atoms with van der Waals surface area (Å²) in [6, 6.07) is 11.4. The molecule has 0 saturated carbocycles. The fourth-order valence-corrected chi connectivity index (χ4v) is 2.16. The number of hydrogen-bond donors (Lipinski definition) is 1. The second-order valence-electron chi connectivity index (χ2n) is 5.01. The van der Waals surface area contributed by atoms with E-state index in [-0.39, 0.29) is 11.9 Å². The van der Waals surface area contributed by atoms with Crippen LogP contribution in [0, 0.1) is 0 Å². The van der Waals surface area contributed by atoms with Crippen molar-refractivity contribution in [1.29, 1.82) is 0 Å². The summed E-state index contributed by atoms with van der Waals surface area (Å²) in [4.78, 5) is 12.0. The Bertz CT molecular complexity index is 546. The van der Waals surface area contributed by atoms with E-state index in [0.29, 0.717) is 19.4 Å². The Morgan fingerprint density at radius 1 is 1.29 bits per heavy atom. The monoisotopic (exact) mass is 287 g/mol. The van der Waals surface area contributed by atoms with Crippen LogP contribution in [0.25, 0.3) is 0 Å². The second kappa shape index (κ2) is 7.53. The fraction of sp³-hybridized carbons (Fsp3) is 0.353. The van der Waals surface area contributed by atoms with Crippen molar-refractivity contribution < 1.29 is 13.9 Å². The minimum absolute atomic E-state index is 0.0122. The third-order valence-electron chi connectivity index (χ3n) is 3.09. The van der Waals surface area contributed by atoms with Crippen LogP contribution in [0.5, 0.6) is 5.75 Å². The predicted octanol–water partition coefficient (Wildman–Crippen LogP) is 2.97. The number of rotatable bonds is 7. The minimum Gasteiger partial charge on any atom is -0.494 e. The summed E-state index contributed by atoms with van der Waals surface area (Å²) in [6.07, 6.45) is 2.71. The number of carbonyl (C=O) groups excluding carboxylic acids is 1. The second-order valence-corrected chi connectivity index (χ2v) is 5.01. The van der Waals surface area contributed by atoms with Crippen molar-refractivity contribution in [2.75, 3.05) is 6.61 Å². The van der Waals surface area contributed by atoms with Crippen molar-refractivity contribution in [1.82, 2.24) is 5.32 Å². The SMILES string of the molecule is CCOc1ccc(CC(=O)N[C@@H](C)Cc2ccco2)cc1. The lowest BCUT2D eigenvalue weighted by molar-refractivity contribution is -0.121. The molecule has 0 aliphatic carbocycles. The zero-order valence-electron chi connectivity index (χ0n) is 12.5. The molecule has 4 heteroatoms. The predicted molar refractivity (Wildman–Crippen MR) is 81.3 cm³/mol. The molecular formula is C17H21NO3. The Labute approximate surface area is 125 Å². The van der Waals surface area contributed by atoms with Gasteiger partial charge in [-0.2, -0.15) is 0 Å². The fourth-order valence-electron chi connectivity index (χ4n) is 2.16. The van der Waals surface area contributed by atoms with Gasteiger partial charge in [0.05, 0.1) is 19.3 Å². The Kier molecular flexibility index (Phi) is 5.43. The highest BCUT2D eigenvalue weighted by atomic mass is 16.5. The highest BCUT2D eigenvalue weighted by Gasteiger charge is 2.10. The lowest BCUT2D eigenvalue weighted by Gasteiger charge is -2.12. The van der Waals surface area contributed by atoms with Gasteiger partial charge in [0.1, 0.15) is 11.5 Å². The zero-order chi connectivity index (χ0) is 15.1. The van der Waals surface area contributed by atoms with Gasteiger partial charge in [-0.1, -0.05) is 12.1 Å². The van der Waals surface area contributed by atoms with Crippen molar-refractivity contribution >= 4 is 5.91 Å². The van der Waals surface area contributed by atoms with Crippen molar-refractivity contribution in [3.05, 3.63) is 54.0 Å². The van der Waals surface area contributed by atoms with Crippen LogP contribution < -0.4 is 10.1 Å². The summed E-state index contributed by atoms with van der Waals surface area (Å²) >= 11 is 0. The molecule has 112 valence electrons. The van der Waals surface area contributed by atoms with E-state index in [2.05, 4.69) is 5.32 Å². The number of nitrogens with one attached hydrogen (secondary N) is 1.